The highest BCUT2D eigenvalue weighted by molar-refractivity contribution is 5.94. The predicted molar refractivity (Wildman–Crippen MR) is 72.2 cm³/mol. The van der Waals surface area contributed by atoms with Crippen LogP contribution in [-0.4, -0.2) is 33.0 Å². The van der Waals surface area contributed by atoms with Crippen molar-refractivity contribution in [2.45, 2.75) is 45.1 Å². The van der Waals surface area contributed by atoms with Crippen LogP contribution in [0.2, 0.25) is 0 Å². The molecule has 1 aliphatic carbocycles. The Morgan fingerprint density at radius 3 is 2.50 bits per heavy atom. The third kappa shape index (κ3) is 3.53. The number of aromatic nitrogens is 2. The Hall–Kier alpha value is -1.98. The molecule has 1 amide bonds. The van der Waals surface area contributed by atoms with Crippen molar-refractivity contribution in [1.82, 2.24) is 15.3 Å². The number of carboxylic acid groups (broad SMARTS) is 1. The molecule has 2 N–H and O–H groups in total. The normalized spacial score (nSPS) is 17.4. The molecule has 108 valence electrons. The van der Waals surface area contributed by atoms with E-state index in [2.05, 4.69) is 15.3 Å². The van der Waals surface area contributed by atoms with Crippen molar-refractivity contribution in [2.24, 2.45) is 5.92 Å². The summed E-state index contributed by atoms with van der Waals surface area (Å²) in [7, 11) is 0. The van der Waals surface area contributed by atoms with Gasteiger partial charge in [0.15, 0.2) is 0 Å². The zero-order valence-electron chi connectivity index (χ0n) is 11.5. The molecule has 1 atom stereocenters. The second-order valence-electron chi connectivity index (χ2n) is 5.23. The Morgan fingerprint density at radius 1 is 1.25 bits per heavy atom. The summed E-state index contributed by atoms with van der Waals surface area (Å²) >= 11 is 0. The lowest BCUT2D eigenvalue weighted by Gasteiger charge is -2.27. The van der Waals surface area contributed by atoms with Gasteiger partial charge >= 0.3 is 5.97 Å². The van der Waals surface area contributed by atoms with E-state index in [0.717, 1.165) is 32.1 Å². The van der Waals surface area contributed by atoms with Crippen molar-refractivity contribution >= 4 is 11.9 Å². The van der Waals surface area contributed by atoms with Crippen LogP contribution in [0.25, 0.3) is 0 Å². The van der Waals surface area contributed by atoms with Crippen LogP contribution in [-0.2, 0) is 4.79 Å². The van der Waals surface area contributed by atoms with Gasteiger partial charge in [-0.3, -0.25) is 9.78 Å². The maximum atomic E-state index is 12.0. The number of aryl methyl sites for hydroxylation is 1. The molecule has 1 aromatic heterocycles. The summed E-state index contributed by atoms with van der Waals surface area (Å²) in [5, 5.41) is 11.9. The number of nitrogens with zero attached hydrogens (tertiary/aromatic N) is 2. The first kappa shape index (κ1) is 14.4. The van der Waals surface area contributed by atoms with Gasteiger partial charge in [-0.05, 0) is 25.7 Å². The number of nitrogens with one attached hydrogen (secondary N) is 1. The van der Waals surface area contributed by atoms with Crippen LogP contribution in [0.4, 0.5) is 0 Å². The number of amides is 1. The van der Waals surface area contributed by atoms with Crippen LogP contribution in [0.15, 0.2) is 12.4 Å². The zero-order chi connectivity index (χ0) is 14.5. The van der Waals surface area contributed by atoms with E-state index >= 15 is 0 Å². The fourth-order valence-corrected chi connectivity index (χ4v) is 2.57. The Bertz CT molecular complexity index is 481. The van der Waals surface area contributed by atoms with Gasteiger partial charge in [0.05, 0.1) is 11.9 Å². The van der Waals surface area contributed by atoms with E-state index in [4.69, 9.17) is 0 Å². The summed E-state index contributed by atoms with van der Waals surface area (Å²) in [5.41, 5.74) is 0.862. The van der Waals surface area contributed by atoms with Crippen molar-refractivity contribution < 1.29 is 14.7 Å². The fraction of sp³-hybridized carbons (Fsp3) is 0.571. The predicted octanol–water partition coefficient (Wildman–Crippen LogP) is 1.55. The Balaban J connectivity index is 2.05. The molecule has 1 fully saturated rings. The van der Waals surface area contributed by atoms with Crippen LogP contribution in [0.3, 0.4) is 0 Å². The van der Waals surface area contributed by atoms with E-state index in [9.17, 15) is 14.7 Å². The summed E-state index contributed by atoms with van der Waals surface area (Å²) < 4.78 is 0. The third-order valence-corrected chi connectivity index (χ3v) is 3.69. The molecule has 20 heavy (non-hydrogen) atoms. The molecule has 1 unspecified atom stereocenters. The SMILES string of the molecule is Cc1cnc(C(=O)NC(C(=O)O)C2CCCCC2)cn1. The van der Waals surface area contributed by atoms with Gasteiger partial charge in [0.2, 0.25) is 0 Å². The molecule has 0 saturated heterocycles. The lowest BCUT2D eigenvalue weighted by molar-refractivity contribution is -0.141. The van der Waals surface area contributed by atoms with Gasteiger partial charge < -0.3 is 10.4 Å². The first-order chi connectivity index (χ1) is 9.58. The Kier molecular flexibility index (Phi) is 4.65. The first-order valence-electron chi connectivity index (χ1n) is 6.90. The van der Waals surface area contributed by atoms with E-state index in [1.165, 1.54) is 12.4 Å². The highest BCUT2D eigenvalue weighted by Gasteiger charge is 2.31. The van der Waals surface area contributed by atoms with Gasteiger partial charge in [-0.2, -0.15) is 0 Å². The van der Waals surface area contributed by atoms with E-state index in [-0.39, 0.29) is 11.6 Å². The minimum Gasteiger partial charge on any atom is -0.480 e. The lowest BCUT2D eigenvalue weighted by Crippen LogP contribution is -2.46. The number of hydrogen-bond donors (Lipinski definition) is 2. The van der Waals surface area contributed by atoms with E-state index < -0.39 is 17.9 Å². The molecule has 6 heteroatoms. The zero-order valence-corrected chi connectivity index (χ0v) is 11.5. The lowest BCUT2D eigenvalue weighted by atomic mass is 9.84. The molecule has 0 spiro atoms. The summed E-state index contributed by atoms with van der Waals surface area (Å²) in [5.74, 6) is -1.45. The van der Waals surface area contributed by atoms with Gasteiger partial charge in [-0.15, -0.1) is 0 Å². The molecule has 0 aliphatic heterocycles. The standard InChI is InChI=1S/C14H19N3O3/c1-9-7-16-11(8-15-9)13(18)17-12(14(19)20)10-5-3-2-4-6-10/h7-8,10,12H,2-6H2,1H3,(H,17,18)(H,19,20). The molecule has 6 nitrogen and oxygen atoms in total. The van der Waals surface area contributed by atoms with Crippen molar-refractivity contribution in [3.63, 3.8) is 0 Å². The van der Waals surface area contributed by atoms with Crippen molar-refractivity contribution in [3.8, 4) is 0 Å². The smallest absolute Gasteiger partial charge is 0.326 e. The molecule has 2 rings (SSSR count). The molecule has 1 aromatic rings. The Labute approximate surface area is 117 Å². The quantitative estimate of drug-likeness (QED) is 0.871. The van der Waals surface area contributed by atoms with Crippen molar-refractivity contribution in [2.75, 3.05) is 0 Å². The average molecular weight is 277 g/mol. The minimum atomic E-state index is -0.981. The highest BCUT2D eigenvalue weighted by atomic mass is 16.4. The average Bonchev–Trinajstić information content (AvgIpc) is 2.46. The van der Waals surface area contributed by atoms with Gasteiger partial charge in [-0.1, -0.05) is 19.3 Å². The van der Waals surface area contributed by atoms with Crippen LogP contribution in [0.5, 0.6) is 0 Å². The maximum absolute atomic E-state index is 12.0. The van der Waals surface area contributed by atoms with E-state index in [1.807, 2.05) is 0 Å². The molecule has 0 radical (unpaired) electrons. The second kappa shape index (κ2) is 6.45. The molecule has 1 aliphatic rings. The van der Waals surface area contributed by atoms with Crippen LogP contribution in [0, 0.1) is 12.8 Å². The number of aliphatic carboxylic acids is 1. The number of rotatable bonds is 4. The van der Waals surface area contributed by atoms with Gasteiger partial charge in [0, 0.05) is 6.20 Å². The van der Waals surface area contributed by atoms with E-state index in [0.29, 0.717) is 5.69 Å². The summed E-state index contributed by atoms with van der Waals surface area (Å²) in [6, 6.07) is -0.842. The topological polar surface area (TPSA) is 92.2 Å². The number of carbonyl (C=O) groups excluding carboxylic acids is 1. The summed E-state index contributed by atoms with van der Waals surface area (Å²) in [4.78, 5) is 31.4. The van der Waals surface area contributed by atoms with Crippen LogP contribution in [0.1, 0.15) is 48.3 Å². The molecular formula is C14H19N3O3. The van der Waals surface area contributed by atoms with Gasteiger partial charge in [0.1, 0.15) is 11.7 Å². The molecule has 0 aromatic carbocycles. The molecule has 0 bridgehead atoms. The minimum absolute atomic E-state index is 0.00334. The van der Waals surface area contributed by atoms with Gasteiger partial charge in [-0.25, -0.2) is 9.78 Å². The summed E-state index contributed by atoms with van der Waals surface area (Å²) in [6.07, 6.45) is 7.73. The highest BCUT2D eigenvalue weighted by Crippen LogP contribution is 2.26. The van der Waals surface area contributed by atoms with E-state index in [1.54, 1.807) is 6.92 Å². The van der Waals surface area contributed by atoms with Crippen LogP contribution < -0.4 is 5.32 Å². The number of hydrogen-bond acceptors (Lipinski definition) is 4. The largest absolute Gasteiger partial charge is 0.480 e. The fourth-order valence-electron chi connectivity index (χ4n) is 2.57. The molecular weight excluding hydrogens is 258 g/mol. The maximum Gasteiger partial charge on any atom is 0.326 e. The number of carbonyl (C=O) groups is 2. The Morgan fingerprint density at radius 2 is 1.95 bits per heavy atom. The summed E-state index contributed by atoms with van der Waals surface area (Å²) in [6.45, 7) is 1.77. The third-order valence-electron chi connectivity index (χ3n) is 3.69. The van der Waals surface area contributed by atoms with Crippen molar-refractivity contribution in [1.29, 1.82) is 0 Å². The molecule has 1 heterocycles. The number of carboxylic acids is 1. The monoisotopic (exact) mass is 277 g/mol. The first-order valence-corrected chi connectivity index (χ1v) is 6.90. The second-order valence-corrected chi connectivity index (χ2v) is 5.23. The van der Waals surface area contributed by atoms with Crippen LogP contribution >= 0.6 is 0 Å². The molecule has 1 saturated carbocycles. The van der Waals surface area contributed by atoms with Crippen molar-refractivity contribution in [3.05, 3.63) is 23.8 Å². The van der Waals surface area contributed by atoms with Gasteiger partial charge in [0.25, 0.3) is 5.91 Å².